The highest BCUT2D eigenvalue weighted by atomic mass is 16.5. The Hall–Kier alpha value is -3.08. The molecule has 1 amide bonds. The SMILES string of the molecule is COc1ccccc1/C=C/C=N/NC(=O)c1ccc(O)cc1. The summed E-state index contributed by atoms with van der Waals surface area (Å²) >= 11 is 0. The minimum Gasteiger partial charge on any atom is -0.508 e. The van der Waals surface area contributed by atoms with Crippen LogP contribution in [-0.4, -0.2) is 24.3 Å². The third kappa shape index (κ3) is 4.21. The first-order chi connectivity index (χ1) is 10.7. The van der Waals surface area contributed by atoms with Crippen LogP contribution in [0.2, 0.25) is 0 Å². The lowest BCUT2D eigenvalue weighted by Gasteiger charge is -2.02. The molecule has 0 saturated heterocycles. The van der Waals surface area contributed by atoms with E-state index in [1.165, 1.54) is 30.5 Å². The number of amides is 1. The third-order valence-electron chi connectivity index (χ3n) is 2.87. The lowest BCUT2D eigenvalue weighted by molar-refractivity contribution is 0.0955. The molecule has 0 aliphatic carbocycles. The summed E-state index contributed by atoms with van der Waals surface area (Å²) in [5.41, 5.74) is 3.74. The Morgan fingerprint density at radius 2 is 1.91 bits per heavy atom. The zero-order valence-corrected chi connectivity index (χ0v) is 12.1. The summed E-state index contributed by atoms with van der Waals surface area (Å²) < 4.78 is 5.22. The summed E-state index contributed by atoms with van der Waals surface area (Å²) in [7, 11) is 1.61. The maximum absolute atomic E-state index is 11.7. The van der Waals surface area contributed by atoms with Crippen molar-refractivity contribution in [3.8, 4) is 11.5 Å². The molecule has 0 bridgehead atoms. The molecule has 0 atom stereocenters. The summed E-state index contributed by atoms with van der Waals surface area (Å²) in [6.07, 6.45) is 5.01. The van der Waals surface area contributed by atoms with Crippen LogP contribution >= 0.6 is 0 Å². The van der Waals surface area contributed by atoms with Crippen molar-refractivity contribution in [3.05, 3.63) is 65.7 Å². The molecule has 0 aliphatic rings. The number of ether oxygens (including phenoxy) is 1. The molecule has 0 unspecified atom stereocenters. The Balaban J connectivity index is 1.91. The van der Waals surface area contributed by atoms with Crippen molar-refractivity contribution in [3.63, 3.8) is 0 Å². The van der Waals surface area contributed by atoms with Crippen molar-refractivity contribution in [2.45, 2.75) is 0 Å². The molecule has 2 aromatic rings. The second kappa shape index (κ2) is 7.64. The molecule has 112 valence electrons. The number of carbonyl (C=O) groups is 1. The number of benzene rings is 2. The second-order valence-corrected chi connectivity index (χ2v) is 4.37. The molecule has 0 aliphatic heterocycles. The maximum Gasteiger partial charge on any atom is 0.271 e. The number of nitrogens with one attached hydrogen (secondary N) is 1. The fraction of sp³-hybridized carbons (Fsp3) is 0.0588. The van der Waals surface area contributed by atoms with Gasteiger partial charge in [0, 0.05) is 17.3 Å². The van der Waals surface area contributed by atoms with E-state index in [1.54, 1.807) is 13.2 Å². The summed E-state index contributed by atoms with van der Waals surface area (Å²) in [6.45, 7) is 0. The van der Waals surface area contributed by atoms with E-state index in [2.05, 4.69) is 10.5 Å². The molecule has 2 N–H and O–H groups in total. The summed E-state index contributed by atoms with van der Waals surface area (Å²) in [5, 5.41) is 13.0. The largest absolute Gasteiger partial charge is 0.508 e. The number of carbonyl (C=O) groups excluding carboxylic acids is 1. The predicted octanol–water partition coefficient (Wildman–Crippen LogP) is 2.83. The van der Waals surface area contributed by atoms with Gasteiger partial charge in [-0.15, -0.1) is 0 Å². The lowest BCUT2D eigenvalue weighted by atomic mass is 10.2. The Labute approximate surface area is 128 Å². The predicted molar refractivity (Wildman–Crippen MR) is 86.1 cm³/mol. The standard InChI is InChI=1S/C17H16N2O3/c1-22-16-7-3-2-5-13(16)6-4-12-18-19-17(21)14-8-10-15(20)11-9-14/h2-12,20H,1H3,(H,19,21)/b6-4+,18-12+. The van der Waals surface area contributed by atoms with Crippen LogP contribution in [0.25, 0.3) is 6.08 Å². The molecule has 2 rings (SSSR count). The number of hydrogen-bond acceptors (Lipinski definition) is 4. The van der Waals surface area contributed by atoms with E-state index >= 15 is 0 Å². The van der Waals surface area contributed by atoms with E-state index in [4.69, 9.17) is 9.84 Å². The minimum absolute atomic E-state index is 0.111. The molecule has 5 nitrogen and oxygen atoms in total. The summed E-state index contributed by atoms with van der Waals surface area (Å²) in [6, 6.07) is 13.5. The van der Waals surface area contributed by atoms with Gasteiger partial charge in [-0.25, -0.2) is 5.43 Å². The van der Waals surface area contributed by atoms with E-state index in [1.807, 2.05) is 30.3 Å². The fourth-order valence-corrected chi connectivity index (χ4v) is 1.77. The van der Waals surface area contributed by atoms with Crippen LogP contribution in [0.3, 0.4) is 0 Å². The molecule has 2 aromatic carbocycles. The van der Waals surface area contributed by atoms with Crippen LogP contribution in [0, 0.1) is 0 Å². The van der Waals surface area contributed by atoms with Gasteiger partial charge in [-0.05, 0) is 42.5 Å². The maximum atomic E-state index is 11.7. The quantitative estimate of drug-likeness (QED) is 0.658. The van der Waals surface area contributed by atoms with Gasteiger partial charge in [0.1, 0.15) is 11.5 Å². The molecule has 0 radical (unpaired) electrons. The summed E-state index contributed by atoms with van der Waals surface area (Å²) in [4.78, 5) is 11.7. The second-order valence-electron chi connectivity index (χ2n) is 4.37. The van der Waals surface area contributed by atoms with Gasteiger partial charge >= 0.3 is 0 Å². The molecule has 0 spiro atoms. The first kappa shape index (κ1) is 15.3. The average Bonchev–Trinajstić information content (AvgIpc) is 2.55. The number of rotatable bonds is 5. The van der Waals surface area contributed by atoms with Crippen molar-refractivity contribution in [1.29, 1.82) is 0 Å². The Morgan fingerprint density at radius 1 is 1.18 bits per heavy atom. The van der Waals surface area contributed by atoms with Gasteiger partial charge in [0.2, 0.25) is 0 Å². The highest BCUT2D eigenvalue weighted by molar-refractivity contribution is 5.94. The summed E-state index contributed by atoms with van der Waals surface area (Å²) in [5.74, 6) is 0.530. The van der Waals surface area contributed by atoms with Crippen LogP contribution in [0.5, 0.6) is 11.5 Å². The van der Waals surface area contributed by atoms with Crippen LogP contribution in [-0.2, 0) is 0 Å². The van der Waals surface area contributed by atoms with Crippen LogP contribution in [0.1, 0.15) is 15.9 Å². The first-order valence-electron chi connectivity index (χ1n) is 6.63. The Morgan fingerprint density at radius 3 is 2.64 bits per heavy atom. The Kier molecular flexibility index (Phi) is 5.31. The smallest absolute Gasteiger partial charge is 0.271 e. The number of para-hydroxylation sites is 1. The van der Waals surface area contributed by atoms with Crippen molar-refractivity contribution in [2.75, 3.05) is 7.11 Å². The van der Waals surface area contributed by atoms with Gasteiger partial charge in [-0.3, -0.25) is 4.79 Å². The van der Waals surface area contributed by atoms with E-state index in [0.29, 0.717) is 5.56 Å². The van der Waals surface area contributed by atoms with E-state index in [0.717, 1.165) is 11.3 Å². The van der Waals surface area contributed by atoms with E-state index in [9.17, 15) is 4.79 Å². The number of methoxy groups -OCH3 is 1. The van der Waals surface area contributed by atoms with Crippen LogP contribution in [0.15, 0.2) is 59.7 Å². The number of allylic oxidation sites excluding steroid dienone is 1. The molecule has 0 aromatic heterocycles. The topological polar surface area (TPSA) is 70.9 Å². The van der Waals surface area contributed by atoms with Crippen molar-refractivity contribution in [2.24, 2.45) is 5.10 Å². The van der Waals surface area contributed by atoms with Crippen molar-refractivity contribution < 1.29 is 14.6 Å². The van der Waals surface area contributed by atoms with Crippen LogP contribution < -0.4 is 10.2 Å². The number of phenols is 1. The molecular weight excluding hydrogens is 280 g/mol. The Bertz CT molecular complexity index is 691. The van der Waals surface area contributed by atoms with Gasteiger partial charge in [-0.2, -0.15) is 5.10 Å². The zero-order chi connectivity index (χ0) is 15.8. The highest BCUT2D eigenvalue weighted by Crippen LogP contribution is 2.18. The average molecular weight is 296 g/mol. The van der Waals surface area contributed by atoms with Gasteiger partial charge in [0.25, 0.3) is 5.91 Å². The van der Waals surface area contributed by atoms with Gasteiger partial charge in [0.05, 0.1) is 7.11 Å². The molecule has 0 heterocycles. The van der Waals surface area contributed by atoms with E-state index < -0.39 is 0 Å². The van der Waals surface area contributed by atoms with E-state index in [-0.39, 0.29) is 11.7 Å². The number of phenolic OH excluding ortho intramolecular Hbond substituents is 1. The normalized spacial score (nSPS) is 11.0. The van der Waals surface area contributed by atoms with Gasteiger partial charge in [-0.1, -0.05) is 18.2 Å². The molecule has 0 fully saturated rings. The minimum atomic E-state index is -0.345. The van der Waals surface area contributed by atoms with Crippen LogP contribution in [0.4, 0.5) is 0 Å². The molecule has 0 saturated carbocycles. The van der Waals surface area contributed by atoms with Crippen molar-refractivity contribution >= 4 is 18.2 Å². The number of nitrogens with zero attached hydrogens (tertiary/aromatic N) is 1. The molecule has 22 heavy (non-hydrogen) atoms. The fourth-order valence-electron chi connectivity index (χ4n) is 1.77. The number of hydrogen-bond donors (Lipinski definition) is 2. The lowest BCUT2D eigenvalue weighted by Crippen LogP contribution is -2.16. The highest BCUT2D eigenvalue weighted by Gasteiger charge is 2.02. The molecule has 5 heteroatoms. The number of aromatic hydroxyl groups is 1. The first-order valence-corrected chi connectivity index (χ1v) is 6.63. The van der Waals surface area contributed by atoms with Gasteiger partial charge < -0.3 is 9.84 Å². The molecular formula is C17H16N2O3. The zero-order valence-electron chi connectivity index (χ0n) is 12.1. The van der Waals surface area contributed by atoms with Gasteiger partial charge in [0.15, 0.2) is 0 Å². The number of hydrazone groups is 1. The monoisotopic (exact) mass is 296 g/mol. The third-order valence-corrected chi connectivity index (χ3v) is 2.87. The van der Waals surface area contributed by atoms with Crippen molar-refractivity contribution in [1.82, 2.24) is 5.43 Å².